The van der Waals surface area contributed by atoms with Crippen LogP contribution in [-0.4, -0.2) is 21.1 Å². The highest BCUT2D eigenvalue weighted by Crippen LogP contribution is 2.20. The Morgan fingerprint density at radius 1 is 1.10 bits per heavy atom. The van der Waals surface area contributed by atoms with E-state index < -0.39 is 0 Å². The second-order valence-electron chi connectivity index (χ2n) is 4.08. The summed E-state index contributed by atoms with van der Waals surface area (Å²) in [5, 5.41) is 10.3. The van der Waals surface area contributed by atoms with Gasteiger partial charge in [0, 0.05) is 22.4 Å². The summed E-state index contributed by atoms with van der Waals surface area (Å²) in [4.78, 5) is 16.0. The highest BCUT2D eigenvalue weighted by Gasteiger charge is 2.14. The zero-order valence-corrected chi connectivity index (χ0v) is 12.2. The molecule has 2 heterocycles. The van der Waals surface area contributed by atoms with Crippen LogP contribution in [0, 0.1) is 0 Å². The number of carbonyl (C=O) groups excluding carboxylic acids is 1. The molecule has 0 bridgehead atoms. The molecule has 0 atom stereocenters. The number of hydrogen-bond donors (Lipinski definition) is 1. The lowest BCUT2D eigenvalue weighted by molar-refractivity contribution is 0.102. The topological polar surface area (TPSA) is 80.9 Å². The number of nitrogens with one attached hydrogen (secondary N) is 1. The number of benzene rings is 1. The van der Waals surface area contributed by atoms with Crippen LogP contribution in [0.25, 0.3) is 11.5 Å². The number of hydrogen-bond acceptors (Lipinski definition) is 5. The number of nitrogens with zero attached hydrogens (tertiary/aromatic N) is 3. The number of pyridine rings is 1. The molecule has 6 nitrogen and oxygen atoms in total. The zero-order chi connectivity index (χ0) is 14.7. The van der Waals surface area contributed by atoms with E-state index in [2.05, 4.69) is 36.4 Å². The van der Waals surface area contributed by atoms with Crippen LogP contribution in [0.2, 0.25) is 0 Å². The number of carbonyl (C=O) groups is 1. The summed E-state index contributed by atoms with van der Waals surface area (Å²) in [7, 11) is 0. The fourth-order valence-corrected chi connectivity index (χ4v) is 2.16. The Labute approximate surface area is 128 Å². The van der Waals surface area contributed by atoms with E-state index in [0.717, 1.165) is 5.56 Å². The Hall–Kier alpha value is -2.54. The van der Waals surface area contributed by atoms with Gasteiger partial charge in [0.25, 0.3) is 5.91 Å². The number of halogens is 1. The molecule has 0 saturated carbocycles. The first-order chi connectivity index (χ1) is 10.2. The summed E-state index contributed by atoms with van der Waals surface area (Å²) in [6, 6.07) is 10.6. The fourth-order valence-electron chi connectivity index (χ4n) is 1.69. The van der Waals surface area contributed by atoms with Gasteiger partial charge in [-0.05, 0) is 40.2 Å². The van der Waals surface area contributed by atoms with Crippen LogP contribution in [0.1, 0.15) is 10.4 Å². The molecule has 1 amide bonds. The lowest BCUT2D eigenvalue weighted by Crippen LogP contribution is -2.12. The van der Waals surface area contributed by atoms with Crippen LogP contribution < -0.4 is 5.32 Å². The standard InChI is InChI=1S/C14H9BrN4O2/c15-11-4-2-1-3-10(11)12(20)17-14-19-18-13(21-14)9-5-7-16-8-6-9/h1-8H,(H,17,19,20). The van der Waals surface area contributed by atoms with Crippen LogP contribution in [0.15, 0.2) is 57.7 Å². The predicted octanol–water partition coefficient (Wildman–Crippen LogP) is 3.15. The smallest absolute Gasteiger partial charge is 0.322 e. The summed E-state index contributed by atoms with van der Waals surface area (Å²) >= 11 is 3.32. The summed E-state index contributed by atoms with van der Waals surface area (Å²) in [6.07, 6.45) is 3.25. The van der Waals surface area contributed by atoms with Gasteiger partial charge in [0.15, 0.2) is 0 Å². The third kappa shape index (κ3) is 2.97. The molecule has 0 unspecified atom stereocenters. The van der Waals surface area contributed by atoms with E-state index in [1.54, 1.807) is 42.7 Å². The minimum Gasteiger partial charge on any atom is -0.403 e. The molecule has 0 radical (unpaired) electrons. The first kappa shape index (κ1) is 13.4. The molecule has 1 N–H and O–H groups in total. The van der Waals surface area contributed by atoms with Crippen LogP contribution in [0.4, 0.5) is 6.01 Å². The fraction of sp³-hybridized carbons (Fsp3) is 0. The molecule has 1 aromatic carbocycles. The number of anilines is 1. The maximum absolute atomic E-state index is 12.1. The SMILES string of the molecule is O=C(Nc1nnc(-c2ccncc2)o1)c1ccccc1Br. The van der Waals surface area contributed by atoms with Gasteiger partial charge in [-0.1, -0.05) is 17.2 Å². The minimum absolute atomic E-state index is 0.0440. The van der Waals surface area contributed by atoms with E-state index in [9.17, 15) is 4.79 Å². The maximum atomic E-state index is 12.1. The van der Waals surface area contributed by atoms with E-state index >= 15 is 0 Å². The third-order valence-electron chi connectivity index (χ3n) is 2.69. The van der Waals surface area contributed by atoms with Gasteiger partial charge in [-0.15, -0.1) is 5.10 Å². The van der Waals surface area contributed by atoms with Crippen molar-refractivity contribution in [2.24, 2.45) is 0 Å². The van der Waals surface area contributed by atoms with Crippen LogP contribution in [-0.2, 0) is 0 Å². The molecule has 0 saturated heterocycles. The Bertz CT molecular complexity index is 773. The summed E-state index contributed by atoms with van der Waals surface area (Å²) in [5.41, 5.74) is 1.22. The van der Waals surface area contributed by atoms with Crippen LogP contribution in [0.3, 0.4) is 0 Å². The van der Waals surface area contributed by atoms with E-state index in [4.69, 9.17) is 4.42 Å². The van der Waals surface area contributed by atoms with E-state index in [0.29, 0.717) is 15.9 Å². The summed E-state index contributed by atoms with van der Waals surface area (Å²) < 4.78 is 6.10. The quantitative estimate of drug-likeness (QED) is 0.789. The van der Waals surface area contributed by atoms with Gasteiger partial charge in [-0.2, -0.15) is 0 Å². The molecule has 0 aliphatic heterocycles. The van der Waals surface area contributed by atoms with Gasteiger partial charge < -0.3 is 4.42 Å². The van der Waals surface area contributed by atoms with Gasteiger partial charge in [0.1, 0.15) is 0 Å². The predicted molar refractivity (Wildman–Crippen MR) is 79.6 cm³/mol. The van der Waals surface area contributed by atoms with Crippen molar-refractivity contribution < 1.29 is 9.21 Å². The minimum atomic E-state index is -0.326. The molecule has 0 aliphatic rings. The highest BCUT2D eigenvalue weighted by atomic mass is 79.9. The Morgan fingerprint density at radius 2 is 1.86 bits per heavy atom. The molecule has 0 aliphatic carbocycles. The van der Waals surface area contributed by atoms with E-state index in [1.165, 1.54) is 0 Å². The average Bonchev–Trinajstić information content (AvgIpc) is 2.97. The van der Waals surface area contributed by atoms with E-state index in [-0.39, 0.29) is 11.9 Å². The van der Waals surface area contributed by atoms with E-state index in [1.807, 2.05) is 6.07 Å². The summed E-state index contributed by atoms with van der Waals surface area (Å²) in [5.74, 6) is -0.00719. The molecule has 2 aromatic heterocycles. The van der Waals surface area contributed by atoms with Crippen LogP contribution in [0.5, 0.6) is 0 Å². The Morgan fingerprint density at radius 3 is 2.62 bits per heavy atom. The lowest BCUT2D eigenvalue weighted by atomic mass is 10.2. The Kier molecular flexibility index (Phi) is 3.74. The molecular weight excluding hydrogens is 336 g/mol. The van der Waals surface area contributed by atoms with Gasteiger partial charge in [-0.3, -0.25) is 15.1 Å². The molecule has 3 rings (SSSR count). The third-order valence-corrected chi connectivity index (χ3v) is 3.38. The van der Waals surface area contributed by atoms with Crippen molar-refractivity contribution in [3.63, 3.8) is 0 Å². The lowest BCUT2D eigenvalue weighted by Gasteiger charge is -2.02. The first-order valence-electron chi connectivity index (χ1n) is 6.04. The number of amides is 1. The zero-order valence-electron chi connectivity index (χ0n) is 10.7. The van der Waals surface area contributed by atoms with Crippen molar-refractivity contribution >= 4 is 27.9 Å². The molecule has 7 heteroatoms. The van der Waals surface area contributed by atoms with Gasteiger partial charge >= 0.3 is 6.01 Å². The maximum Gasteiger partial charge on any atom is 0.322 e. The second-order valence-corrected chi connectivity index (χ2v) is 4.94. The molecular formula is C14H9BrN4O2. The normalized spacial score (nSPS) is 10.3. The first-order valence-corrected chi connectivity index (χ1v) is 6.83. The molecule has 3 aromatic rings. The average molecular weight is 345 g/mol. The largest absolute Gasteiger partial charge is 0.403 e. The van der Waals surface area contributed by atoms with Gasteiger partial charge in [0.05, 0.1) is 5.56 Å². The molecule has 0 fully saturated rings. The monoisotopic (exact) mass is 344 g/mol. The van der Waals surface area contributed by atoms with Crippen molar-refractivity contribution in [3.8, 4) is 11.5 Å². The second kappa shape index (κ2) is 5.84. The van der Waals surface area contributed by atoms with Crippen LogP contribution >= 0.6 is 15.9 Å². The van der Waals surface area contributed by atoms with Crippen molar-refractivity contribution in [2.45, 2.75) is 0 Å². The Balaban J connectivity index is 1.79. The van der Waals surface area contributed by atoms with Crippen molar-refractivity contribution in [2.75, 3.05) is 5.32 Å². The molecule has 104 valence electrons. The van der Waals surface area contributed by atoms with Crippen molar-refractivity contribution in [1.29, 1.82) is 0 Å². The highest BCUT2D eigenvalue weighted by molar-refractivity contribution is 9.10. The summed E-state index contributed by atoms with van der Waals surface area (Å²) in [6.45, 7) is 0. The van der Waals surface area contributed by atoms with Gasteiger partial charge in [0.2, 0.25) is 5.89 Å². The van der Waals surface area contributed by atoms with Gasteiger partial charge in [-0.25, -0.2) is 0 Å². The molecule has 21 heavy (non-hydrogen) atoms. The van der Waals surface area contributed by atoms with Crippen molar-refractivity contribution in [3.05, 3.63) is 58.8 Å². The number of rotatable bonds is 3. The number of aromatic nitrogens is 3. The molecule has 0 spiro atoms. The van der Waals surface area contributed by atoms with Crippen molar-refractivity contribution in [1.82, 2.24) is 15.2 Å².